The van der Waals surface area contributed by atoms with E-state index in [1.54, 1.807) is 12.1 Å². The number of carbonyl (C=O) groups excluding carboxylic acids is 1. The molecule has 2 aromatic rings. The van der Waals surface area contributed by atoms with Crippen molar-refractivity contribution in [1.29, 1.82) is 0 Å². The van der Waals surface area contributed by atoms with E-state index in [1.807, 2.05) is 26.8 Å². The number of hydrogen-bond donors (Lipinski definition) is 3. The average molecular weight is 283 g/mol. The van der Waals surface area contributed by atoms with Gasteiger partial charge in [0.25, 0.3) is 5.91 Å². The number of nitrogen functional groups attached to an aromatic ring is 1. The number of benzene rings is 2. The van der Waals surface area contributed by atoms with Crippen LogP contribution in [-0.2, 0) is 0 Å². The van der Waals surface area contributed by atoms with Crippen molar-refractivity contribution in [2.45, 2.75) is 20.8 Å². The minimum Gasteiger partial charge on any atom is -0.397 e. The zero-order chi connectivity index (χ0) is 15.4. The van der Waals surface area contributed by atoms with E-state index in [-0.39, 0.29) is 5.91 Å². The summed E-state index contributed by atoms with van der Waals surface area (Å²) >= 11 is 0. The lowest BCUT2D eigenvalue weighted by molar-refractivity contribution is 0.0956. The summed E-state index contributed by atoms with van der Waals surface area (Å²) in [6, 6.07) is 11.5. The highest BCUT2D eigenvalue weighted by Gasteiger charge is 2.08. The second-order valence-electron chi connectivity index (χ2n) is 5.10. The molecule has 4 nitrogen and oxygen atoms in total. The van der Waals surface area contributed by atoms with Crippen molar-refractivity contribution in [2.24, 2.45) is 0 Å². The molecular formula is C17H21N3O. The SMILES string of the molecule is CCNC(=O)c1ccc(Nc2cc(C)ccc2C)c(N)c1. The Hall–Kier alpha value is -2.49. The highest BCUT2D eigenvalue weighted by Crippen LogP contribution is 2.26. The van der Waals surface area contributed by atoms with Crippen LogP contribution in [-0.4, -0.2) is 12.5 Å². The number of rotatable bonds is 4. The largest absolute Gasteiger partial charge is 0.397 e. The Kier molecular flexibility index (Phi) is 4.48. The Morgan fingerprint density at radius 3 is 2.52 bits per heavy atom. The molecule has 0 aliphatic rings. The Morgan fingerprint density at radius 1 is 1.10 bits per heavy atom. The first-order chi connectivity index (χ1) is 10.0. The molecular weight excluding hydrogens is 262 g/mol. The molecule has 0 aliphatic carbocycles. The molecule has 1 amide bonds. The molecule has 2 rings (SSSR count). The maximum Gasteiger partial charge on any atom is 0.251 e. The van der Waals surface area contributed by atoms with Crippen molar-refractivity contribution >= 4 is 23.0 Å². The van der Waals surface area contributed by atoms with Crippen LogP contribution >= 0.6 is 0 Å². The first kappa shape index (κ1) is 14.9. The van der Waals surface area contributed by atoms with Crippen LogP contribution < -0.4 is 16.4 Å². The van der Waals surface area contributed by atoms with Crippen molar-refractivity contribution in [3.8, 4) is 0 Å². The quantitative estimate of drug-likeness (QED) is 0.754. The van der Waals surface area contributed by atoms with Crippen LogP contribution in [0, 0.1) is 13.8 Å². The van der Waals surface area contributed by atoms with E-state index in [0.717, 1.165) is 16.9 Å². The van der Waals surface area contributed by atoms with Crippen LogP contribution in [0.4, 0.5) is 17.1 Å². The van der Waals surface area contributed by atoms with Gasteiger partial charge in [-0.25, -0.2) is 0 Å². The summed E-state index contributed by atoms with van der Waals surface area (Å²) in [5.74, 6) is -0.109. The molecule has 0 radical (unpaired) electrons. The zero-order valence-corrected chi connectivity index (χ0v) is 12.7. The number of nitrogens with two attached hydrogens (primary N) is 1. The predicted molar refractivity (Wildman–Crippen MR) is 88.1 cm³/mol. The van der Waals surface area contributed by atoms with E-state index >= 15 is 0 Å². The van der Waals surface area contributed by atoms with E-state index in [2.05, 4.69) is 28.8 Å². The molecule has 0 atom stereocenters. The fourth-order valence-electron chi connectivity index (χ4n) is 2.10. The molecule has 0 aliphatic heterocycles. The normalized spacial score (nSPS) is 10.2. The Labute approximate surface area is 125 Å². The standard InChI is InChI=1S/C17H21N3O/c1-4-19-17(21)13-7-8-15(14(18)10-13)20-16-9-11(2)5-6-12(16)3/h5-10,20H,4,18H2,1-3H3,(H,19,21). The zero-order valence-electron chi connectivity index (χ0n) is 12.7. The van der Waals surface area contributed by atoms with Gasteiger partial charge in [0.15, 0.2) is 0 Å². The monoisotopic (exact) mass is 283 g/mol. The Morgan fingerprint density at radius 2 is 1.86 bits per heavy atom. The summed E-state index contributed by atoms with van der Waals surface area (Å²) in [6.45, 7) is 6.58. The van der Waals surface area contributed by atoms with Crippen LogP contribution in [0.15, 0.2) is 36.4 Å². The number of anilines is 3. The lowest BCUT2D eigenvalue weighted by Gasteiger charge is -2.13. The van der Waals surface area contributed by atoms with Gasteiger partial charge in [-0.05, 0) is 56.2 Å². The molecule has 21 heavy (non-hydrogen) atoms. The van der Waals surface area contributed by atoms with E-state index < -0.39 is 0 Å². The third-order valence-electron chi connectivity index (χ3n) is 3.31. The molecule has 2 aromatic carbocycles. The maximum absolute atomic E-state index is 11.8. The molecule has 110 valence electrons. The first-order valence-electron chi connectivity index (χ1n) is 7.03. The maximum atomic E-state index is 11.8. The first-order valence-corrected chi connectivity index (χ1v) is 7.03. The van der Waals surface area contributed by atoms with Crippen molar-refractivity contribution < 1.29 is 4.79 Å². The fraction of sp³-hybridized carbons (Fsp3) is 0.235. The molecule has 0 bridgehead atoms. The highest BCUT2D eigenvalue weighted by atomic mass is 16.1. The van der Waals surface area contributed by atoms with Gasteiger partial charge in [-0.3, -0.25) is 4.79 Å². The van der Waals surface area contributed by atoms with Gasteiger partial charge in [0, 0.05) is 17.8 Å². The number of aryl methyl sites for hydroxylation is 2. The summed E-state index contributed by atoms with van der Waals surface area (Å²) in [5, 5.41) is 6.08. The third-order valence-corrected chi connectivity index (χ3v) is 3.31. The average Bonchev–Trinajstić information content (AvgIpc) is 2.45. The number of nitrogens with one attached hydrogen (secondary N) is 2. The molecule has 4 N–H and O–H groups in total. The van der Waals surface area contributed by atoms with Gasteiger partial charge in [-0.2, -0.15) is 0 Å². The summed E-state index contributed by atoms with van der Waals surface area (Å²) in [6.07, 6.45) is 0. The summed E-state index contributed by atoms with van der Waals surface area (Å²) in [5.41, 5.74) is 11.3. The smallest absolute Gasteiger partial charge is 0.251 e. The molecule has 0 fully saturated rings. The van der Waals surface area contributed by atoms with E-state index in [1.165, 1.54) is 5.56 Å². The molecule has 0 aromatic heterocycles. The minimum atomic E-state index is -0.109. The van der Waals surface area contributed by atoms with Crippen LogP contribution in [0.3, 0.4) is 0 Å². The van der Waals surface area contributed by atoms with Gasteiger partial charge in [-0.15, -0.1) is 0 Å². The fourth-order valence-corrected chi connectivity index (χ4v) is 2.10. The van der Waals surface area contributed by atoms with Crippen LogP contribution in [0.2, 0.25) is 0 Å². The summed E-state index contributed by atoms with van der Waals surface area (Å²) < 4.78 is 0. The van der Waals surface area contributed by atoms with E-state index in [0.29, 0.717) is 17.8 Å². The minimum absolute atomic E-state index is 0.109. The third kappa shape index (κ3) is 3.54. The van der Waals surface area contributed by atoms with Gasteiger partial charge < -0.3 is 16.4 Å². The van der Waals surface area contributed by atoms with E-state index in [9.17, 15) is 4.79 Å². The van der Waals surface area contributed by atoms with Gasteiger partial charge in [0.2, 0.25) is 0 Å². The van der Waals surface area contributed by atoms with E-state index in [4.69, 9.17) is 5.73 Å². The molecule has 0 saturated heterocycles. The second kappa shape index (κ2) is 6.31. The number of hydrogen-bond acceptors (Lipinski definition) is 3. The van der Waals surface area contributed by atoms with Gasteiger partial charge in [0.05, 0.1) is 11.4 Å². The molecule has 4 heteroatoms. The highest BCUT2D eigenvalue weighted by molar-refractivity contribution is 5.96. The summed E-state index contributed by atoms with van der Waals surface area (Å²) in [4.78, 5) is 11.8. The molecule has 0 heterocycles. The number of carbonyl (C=O) groups is 1. The molecule has 0 unspecified atom stereocenters. The van der Waals surface area contributed by atoms with Gasteiger partial charge in [0.1, 0.15) is 0 Å². The molecule has 0 spiro atoms. The Bertz CT molecular complexity index is 665. The van der Waals surface area contributed by atoms with Gasteiger partial charge in [-0.1, -0.05) is 12.1 Å². The topological polar surface area (TPSA) is 67.2 Å². The van der Waals surface area contributed by atoms with Crippen LogP contribution in [0.1, 0.15) is 28.4 Å². The lowest BCUT2D eigenvalue weighted by atomic mass is 10.1. The van der Waals surface area contributed by atoms with Crippen LogP contribution in [0.25, 0.3) is 0 Å². The van der Waals surface area contributed by atoms with Crippen molar-refractivity contribution in [2.75, 3.05) is 17.6 Å². The second-order valence-corrected chi connectivity index (χ2v) is 5.10. The van der Waals surface area contributed by atoms with Crippen molar-refractivity contribution in [3.05, 3.63) is 53.1 Å². The summed E-state index contributed by atoms with van der Waals surface area (Å²) in [7, 11) is 0. The number of amides is 1. The van der Waals surface area contributed by atoms with Crippen molar-refractivity contribution in [1.82, 2.24) is 5.32 Å². The Balaban J connectivity index is 2.25. The molecule has 0 saturated carbocycles. The predicted octanol–water partition coefficient (Wildman–Crippen LogP) is 3.38. The van der Waals surface area contributed by atoms with Crippen molar-refractivity contribution in [3.63, 3.8) is 0 Å². The van der Waals surface area contributed by atoms with Crippen LogP contribution in [0.5, 0.6) is 0 Å². The lowest BCUT2D eigenvalue weighted by Crippen LogP contribution is -2.22. The van der Waals surface area contributed by atoms with Gasteiger partial charge >= 0.3 is 0 Å².